The molecule has 0 bridgehead atoms. The summed E-state index contributed by atoms with van der Waals surface area (Å²) in [4.78, 5) is 17.1. The van der Waals surface area contributed by atoms with Gasteiger partial charge in [-0.25, -0.2) is 15.0 Å². The van der Waals surface area contributed by atoms with Crippen LogP contribution in [0.15, 0.2) is 170 Å². The highest BCUT2D eigenvalue weighted by Crippen LogP contribution is 2.44. The second kappa shape index (κ2) is 20.2. The number of hydrogen-bond acceptors (Lipinski definition) is 4. The predicted molar refractivity (Wildman–Crippen MR) is 354 cm³/mol. The molecule has 9 aromatic carbocycles. The molecule has 12 rings (SSSR count). The minimum absolute atomic E-state index is 0.149. The van der Waals surface area contributed by atoms with E-state index < -0.39 is 0 Å². The number of nitriles is 1. The van der Waals surface area contributed by atoms with Gasteiger partial charge in [0.1, 0.15) is 0 Å². The van der Waals surface area contributed by atoms with Crippen LogP contribution in [-0.2, 0) is 21.7 Å². The molecular formula is C78H76N6. The third-order valence-electron chi connectivity index (χ3n) is 17.0. The van der Waals surface area contributed by atoms with Gasteiger partial charge < -0.3 is 9.13 Å². The molecule has 12 aromatic rings. The van der Waals surface area contributed by atoms with Crippen molar-refractivity contribution in [3.63, 3.8) is 0 Å². The maximum Gasteiger partial charge on any atom is 0.166 e. The lowest BCUT2D eigenvalue weighted by Crippen LogP contribution is -2.17. The Bertz CT molecular complexity index is 4400. The minimum Gasteiger partial charge on any atom is -0.309 e. The number of nitrogens with zero attached hydrogens (tertiary/aromatic N) is 6. The van der Waals surface area contributed by atoms with Crippen LogP contribution in [0.3, 0.4) is 0 Å². The molecule has 0 radical (unpaired) electrons. The number of fused-ring (bicyclic) bond motifs is 6. The van der Waals surface area contributed by atoms with Crippen LogP contribution < -0.4 is 0 Å². The van der Waals surface area contributed by atoms with Crippen LogP contribution in [0.4, 0.5) is 0 Å². The molecule has 0 atom stereocenters. The summed E-state index contributed by atoms with van der Waals surface area (Å²) in [6, 6.07) is 65.1. The van der Waals surface area contributed by atoms with E-state index >= 15 is 0 Å². The summed E-state index contributed by atoms with van der Waals surface area (Å²) in [6.07, 6.45) is 0. The summed E-state index contributed by atoms with van der Waals surface area (Å²) in [7, 11) is 0. The fraction of sp³-hybridized carbons (Fsp3) is 0.256. The van der Waals surface area contributed by atoms with E-state index in [1.807, 2.05) is 12.1 Å². The van der Waals surface area contributed by atoms with Gasteiger partial charge in [-0.3, -0.25) is 0 Å². The number of hydrogen-bond donors (Lipinski definition) is 0. The molecule has 418 valence electrons. The molecule has 3 aromatic heterocycles. The first-order valence-electron chi connectivity index (χ1n) is 29.6. The zero-order valence-corrected chi connectivity index (χ0v) is 51.8. The Hall–Kier alpha value is -8.92. The molecule has 0 amide bonds. The summed E-state index contributed by atoms with van der Waals surface area (Å²) in [6.45, 7) is 36.1. The molecule has 0 aliphatic heterocycles. The van der Waals surface area contributed by atoms with E-state index in [0.717, 1.165) is 72.4 Å². The first kappa shape index (κ1) is 55.6. The van der Waals surface area contributed by atoms with Crippen LogP contribution in [0.1, 0.15) is 133 Å². The maximum atomic E-state index is 9.87. The van der Waals surface area contributed by atoms with Gasteiger partial charge in [0.15, 0.2) is 17.5 Å². The van der Waals surface area contributed by atoms with Crippen LogP contribution in [0.2, 0.25) is 0 Å². The number of benzene rings is 9. The van der Waals surface area contributed by atoms with Gasteiger partial charge in [0.05, 0.1) is 45.1 Å². The quantitative estimate of drug-likeness (QED) is 0.159. The zero-order valence-electron chi connectivity index (χ0n) is 51.8. The third kappa shape index (κ3) is 10.2. The fourth-order valence-electron chi connectivity index (χ4n) is 12.0. The van der Waals surface area contributed by atoms with Crippen LogP contribution in [0.5, 0.6) is 0 Å². The summed E-state index contributed by atoms with van der Waals surface area (Å²) in [5.74, 6) is 1.81. The van der Waals surface area contributed by atoms with E-state index in [1.165, 1.54) is 66.1 Å². The minimum atomic E-state index is -0.149. The molecule has 0 fully saturated rings. The summed E-state index contributed by atoms with van der Waals surface area (Å²) < 4.78 is 4.86. The third-order valence-corrected chi connectivity index (χ3v) is 17.0. The lowest BCUT2D eigenvalue weighted by atomic mass is 9.79. The molecule has 0 saturated carbocycles. The highest BCUT2D eigenvalue weighted by atomic mass is 15.1. The maximum absolute atomic E-state index is 9.87. The van der Waals surface area contributed by atoms with E-state index in [2.05, 4.69) is 284 Å². The first-order valence-corrected chi connectivity index (χ1v) is 29.6. The van der Waals surface area contributed by atoms with Crippen molar-refractivity contribution < 1.29 is 0 Å². The molecule has 6 heteroatoms. The molecule has 0 N–H and O–H groups in total. The van der Waals surface area contributed by atoms with E-state index in [-0.39, 0.29) is 21.7 Å². The van der Waals surface area contributed by atoms with Crippen molar-refractivity contribution in [3.05, 3.63) is 220 Å². The molecule has 0 aliphatic rings. The van der Waals surface area contributed by atoms with Crippen molar-refractivity contribution in [3.8, 4) is 73.9 Å². The van der Waals surface area contributed by atoms with Gasteiger partial charge >= 0.3 is 0 Å². The predicted octanol–water partition coefficient (Wildman–Crippen LogP) is 20.7. The van der Waals surface area contributed by atoms with Gasteiger partial charge in [-0.05, 0) is 197 Å². The monoisotopic (exact) mass is 1100 g/mol. The summed E-state index contributed by atoms with van der Waals surface area (Å²) in [5, 5.41) is 14.7. The Kier molecular flexibility index (Phi) is 13.3. The largest absolute Gasteiger partial charge is 0.309 e. The summed E-state index contributed by atoms with van der Waals surface area (Å²) in [5.41, 5.74) is 23.1. The highest BCUT2D eigenvalue weighted by Gasteiger charge is 2.28. The standard InChI is InChI=1S/C78H76N6/c1-46-17-27-67-61(33-46)62-34-47(2)18-28-68(62)83(67)66-31-25-52(51-23-21-50(45-79)22-24-51)41-60(66)53-26-32-71(84-69-29-19-48(3)35-63(69)64-36-49(4)20-30-70(64)84)65(42-53)74-81-72(54-37-56(75(5,6)7)43-57(38-54)76(8,9)10)80-73(82-74)55-39-58(77(11,12)13)44-59(40-55)78(14,15)16/h17-44H,1-16H3. The van der Waals surface area contributed by atoms with Crippen LogP contribution >= 0.6 is 0 Å². The highest BCUT2D eigenvalue weighted by molar-refractivity contribution is 6.12. The van der Waals surface area contributed by atoms with Gasteiger partial charge in [-0.15, -0.1) is 0 Å². The van der Waals surface area contributed by atoms with E-state index in [4.69, 9.17) is 15.0 Å². The van der Waals surface area contributed by atoms with Crippen molar-refractivity contribution in [2.24, 2.45) is 0 Å². The van der Waals surface area contributed by atoms with Crippen molar-refractivity contribution in [1.29, 1.82) is 5.26 Å². The number of aryl methyl sites for hydroxylation is 4. The van der Waals surface area contributed by atoms with Crippen LogP contribution in [-0.4, -0.2) is 24.1 Å². The Labute approximate surface area is 496 Å². The Morgan fingerprint density at radius 1 is 0.310 bits per heavy atom. The molecule has 0 spiro atoms. The average molecular weight is 1100 g/mol. The zero-order chi connectivity index (χ0) is 59.5. The summed E-state index contributed by atoms with van der Waals surface area (Å²) >= 11 is 0. The number of aromatic nitrogens is 5. The van der Waals surface area contributed by atoms with Gasteiger partial charge in [-0.2, -0.15) is 5.26 Å². The van der Waals surface area contributed by atoms with Gasteiger partial charge in [0.2, 0.25) is 0 Å². The topological polar surface area (TPSA) is 72.3 Å². The molecule has 0 unspecified atom stereocenters. The van der Waals surface area contributed by atoms with Gasteiger partial charge in [-0.1, -0.05) is 166 Å². The average Bonchev–Trinajstić information content (AvgIpc) is 4.02. The van der Waals surface area contributed by atoms with E-state index in [9.17, 15) is 5.26 Å². The molecule has 3 heterocycles. The van der Waals surface area contributed by atoms with Gasteiger partial charge in [0, 0.05) is 43.8 Å². The van der Waals surface area contributed by atoms with Crippen LogP contribution in [0, 0.1) is 39.0 Å². The van der Waals surface area contributed by atoms with Crippen molar-refractivity contribution in [2.75, 3.05) is 0 Å². The van der Waals surface area contributed by atoms with Crippen molar-refractivity contribution in [2.45, 2.75) is 132 Å². The normalized spacial score (nSPS) is 12.5. The van der Waals surface area contributed by atoms with Crippen molar-refractivity contribution >= 4 is 43.6 Å². The number of rotatable bonds is 7. The van der Waals surface area contributed by atoms with E-state index in [0.29, 0.717) is 23.0 Å². The second-order valence-corrected chi connectivity index (χ2v) is 27.8. The fourth-order valence-corrected chi connectivity index (χ4v) is 12.0. The Balaban J connectivity index is 1.23. The molecule has 6 nitrogen and oxygen atoms in total. The van der Waals surface area contributed by atoms with E-state index in [1.54, 1.807) is 0 Å². The van der Waals surface area contributed by atoms with Crippen LogP contribution in [0.25, 0.3) is 111 Å². The molecule has 0 aliphatic carbocycles. The van der Waals surface area contributed by atoms with Crippen molar-refractivity contribution in [1.82, 2.24) is 24.1 Å². The molecule has 84 heavy (non-hydrogen) atoms. The SMILES string of the molecule is Cc1ccc2c(c1)c1cc(C)ccc1n2-c1ccc(-c2ccc(C#N)cc2)cc1-c1ccc(-n2c3ccc(C)cc3c3cc(C)ccc32)c(-c2nc(-c3cc(C(C)(C)C)cc(C(C)(C)C)c3)nc(-c3cc(C(C)(C)C)cc(C(C)(C)C)c3)n2)c1. The lowest BCUT2D eigenvalue weighted by molar-refractivity contribution is 0.568. The second-order valence-electron chi connectivity index (χ2n) is 27.8. The molecular weight excluding hydrogens is 1020 g/mol. The smallest absolute Gasteiger partial charge is 0.166 e. The lowest BCUT2D eigenvalue weighted by Gasteiger charge is -2.26. The Morgan fingerprint density at radius 2 is 0.631 bits per heavy atom. The van der Waals surface area contributed by atoms with Gasteiger partial charge in [0.25, 0.3) is 0 Å². The first-order chi connectivity index (χ1) is 39.7. The Morgan fingerprint density at radius 3 is 0.988 bits per heavy atom. The molecule has 0 saturated heterocycles.